The molecule has 1 N–H and O–H groups in total. The number of carbonyl (C=O) groups excluding carboxylic acids is 1. The summed E-state index contributed by atoms with van der Waals surface area (Å²) in [5.41, 5.74) is 4.14. The summed E-state index contributed by atoms with van der Waals surface area (Å²) in [4.78, 5) is 24.0. The van der Waals surface area contributed by atoms with E-state index >= 15 is 0 Å². The average molecular weight is 417 g/mol. The van der Waals surface area contributed by atoms with Crippen molar-refractivity contribution in [3.8, 4) is 16.9 Å². The van der Waals surface area contributed by atoms with Gasteiger partial charge < -0.3 is 15.0 Å². The fourth-order valence-corrected chi connectivity index (χ4v) is 3.85. The van der Waals surface area contributed by atoms with Gasteiger partial charge in [-0.3, -0.25) is 4.79 Å². The van der Waals surface area contributed by atoms with Crippen molar-refractivity contribution in [1.29, 1.82) is 0 Å². The summed E-state index contributed by atoms with van der Waals surface area (Å²) < 4.78 is 5.44. The lowest BCUT2D eigenvalue weighted by Gasteiger charge is -2.31. The molecule has 4 rings (SSSR count). The maximum Gasteiger partial charge on any atom is 0.227 e. The molecule has 1 aromatic heterocycles. The number of benzene rings is 2. The van der Waals surface area contributed by atoms with E-state index in [4.69, 9.17) is 4.74 Å². The zero-order valence-electron chi connectivity index (χ0n) is 18.0. The first-order valence-corrected chi connectivity index (χ1v) is 10.8. The van der Waals surface area contributed by atoms with E-state index in [1.807, 2.05) is 49.6 Å². The Morgan fingerprint density at radius 2 is 1.77 bits per heavy atom. The Labute approximate surface area is 183 Å². The number of aryl methyl sites for hydroxylation is 1. The van der Waals surface area contributed by atoms with E-state index in [-0.39, 0.29) is 11.8 Å². The zero-order valence-corrected chi connectivity index (χ0v) is 18.0. The van der Waals surface area contributed by atoms with Crippen LogP contribution in [0.1, 0.15) is 25.3 Å². The SMILES string of the molecule is CCOc1ccc(NC(=O)C2CCN(c3ncc(-c4cccc(C)c4)cn3)CC2)cc1. The molecule has 2 heterocycles. The molecule has 0 atom stereocenters. The quantitative estimate of drug-likeness (QED) is 0.631. The molecule has 0 radical (unpaired) electrons. The highest BCUT2D eigenvalue weighted by atomic mass is 16.5. The molecule has 1 saturated heterocycles. The smallest absolute Gasteiger partial charge is 0.227 e. The van der Waals surface area contributed by atoms with Gasteiger partial charge in [-0.25, -0.2) is 9.97 Å². The Morgan fingerprint density at radius 3 is 2.42 bits per heavy atom. The third-order valence-corrected chi connectivity index (χ3v) is 5.57. The molecule has 3 aromatic rings. The van der Waals surface area contributed by atoms with E-state index in [1.165, 1.54) is 5.56 Å². The number of nitrogens with one attached hydrogen (secondary N) is 1. The lowest BCUT2D eigenvalue weighted by atomic mass is 9.96. The van der Waals surface area contributed by atoms with Crippen LogP contribution in [-0.4, -0.2) is 35.6 Å². The van der Waals surface area contributed by atoms with Crippen LogP contribution in [0, 0.1) is 12.8 Å². The normalized spacial score (nSPS) is 14.3. The van der Waals surface area contributed by atoms with Gasteiger partial charge in [0.05, 0.1) is 6.61 Å². The van der Waals surface area contributed by atoms with Crippen molar-refractivity contribution in [2.24, 2.45) is 5.92 Å². The summed E-state index contributed by atoms with van der Waals surface area (Å²) in [5, 5.41) is 3.02. The molecule has 0 saturated carbocycles. The molecule has 6 heteroatoms. The van der Waals surface area contributed by atoms with E-state index in [0.29, 0.717) is 6.61 Å². The van der Waals surface area contributed by atoms with Crippen molar-refractivity contribution in [3.63, 3.8) is 0 Å². The highest BCUT2D eigenvalue weighted by Gasteiger charge is 2.26. The molecule has 1 amide bonds. The van der Waals surface area contributed by atoms with Crippen molar-refractivity contribution in [2.45, 2.75) is 26.7 Å². The Kier molecular flexibility index (Phi) is 6.46. The standard InChI is InChI=1S/C25H28N4O2/c1-3-31-23-9-7-22(8-10-23)28-24(30)19-11-13-29(14-12-19)25-26-16-21(17-27-25)20-6-4-5-18(2)15-20/h4-10,15-17,19H,3,11-14H2,1-2H3,(H,28,30). The number of anilines is 2. The second kappa shape index (κ2) is 9.60. The van der Waals surface area contributed by atoms with Gasteiger partial charge in [0.2, 0.25) is 11.9 Å². The molecule has 0 spiro atoms. The van der Waals surface area contributed by atoms with Crippen LogP contribution in [-0.2, 0) is 4.79 Å². The van der Waals surface area contributed by atoms with Crippen molar-refractivity contribution in [2.75, 3.05) is 29.9 Å². The lowest BCUT2D eigenvalue weighted by molar-refractivity contribution is -0.120. The molecule has 0 unspecified atom stereocenters. The van der Waals surface area contributed by atoms with E-state index in [2.05, 4.69) is 45.3 Å². The van der Waals surface area contributed by atoms with Crippen LogP contribution in [0.25, 0.3) is 11.1 Å². The van der Waals surface area contributed by atoms with Gasteiger partial charge in [0.15, 0.2) is 0 Å². The minimum Gasteiger partial charge on any atom is -0.494 e. The van der Waals surface area contributed by atoms with Crippen molar-refractivity contribution >= 4 is 17.5 Å². The van der Waals surface area contributed by atoms with E-state index in [0.717, 1.165) is 54.4 Å². The third-order valence-electron chi connectivity index (χ3n) is 5.57. The van der Waals surface area contributed by atoms with Gasteiger partial charge in [0.25, 0.3) is 0 Å². The van der Waals surface area contributed by atoms with Crippen LogP contribution in [0.15, 0.2) is 60.9 Å². The zero-order chi connectivity index (χ0) is 21.6. The largest absolute Gasteiger partial charge is 0.494 e. The first kappa shape index (κ1) is 20.8. The molecule has 0 bridgehead atoms. The lowest BCUT2D eigenvalue weighted by Crippen LogP contribution is -2.39. The molecule has 6 nitrogen and oxygen atoms in total. The second-order valence-corrected chi connectivity index (χ2v) is 7.85. The minimum absolute atomic E-state index is 0.00520. The van der Waals surface area contributed by atoms with Crippen LogP contribution in [0.4, 0.5) is 11.6 Å². The summed E-state index contributed by atoms with van der Waals surface area (Å²) in [6.45, 7) is 6.19. The fraction of sp³-hybridized carbons (Fsp3) is 0.320. The predicted octanol–water partition coefficient (Wildman–Crippen LogP) is 4.71. The highest BCUT2D eigenvalue weighted by Crippen LogP contribution is 2.25. The number of hydrogen-bond donors (Lipinski definition) is 1. The number of carbonyl (C=O) groups is 1. The topological polar surface area (TPSA) is 67.3 Å². The summed E-state index contributed by atoms with van der Waals surface area (Å²) >= 11 is 0. The first-order chi connectivity index (χ1) is 15.1. The second-order valence-electron chi connectivity index (χ2n) is 7.85. The molecule has 1 aliphatic rings. The fourth-order valence-electron chi connectivity index (χ4n) is 3.85. The first-order valence-electron chi connectivity index (χ1n) is 10.8. The van der Waals surface area contributed by atoms with Crippen LogP contribution in [0.2, 0.25) is 0 Å². The Balaban J connectivity index is 1.31. The van der Waals surface area contributed by atoms with E-state index in [1.54, 1.807) is 0 Å². The van der Waals surface area contributed by atoms with Gasteiger partial charge in [-0.05, 0) is 56.5 Å². The number of rotatable bonds is 6. The molecule has 31 heavy (non-hydrogen) atoms. The van der Waals surface area contributed by atoms with Crippen LogP contribution >= 0.6 is 0 Å². The predicted molar refractivity (Wildman–Crippen MR) is 123 cm³/mol. The molecule has 1 aliphatic heterocycles. The number of amides is 1. The van der Waals surface area contributed by atoms with Crippen molar-refractivity contribution in [3.05, 3.63) is 66.5 Å². The number of nitrogens with zero attached hydrogens (tertiary/aromatic N) is 3. The summed E-state index contributed by atoms with van der Waals surface area (Å²) in [7, 11) is 0. The summed E-state index contributed by atoms with van der Waals surface area (Å²) in [6.07, 6.45) is 5.32. The number of aromatic nitrogens is 2. The van der Waals surface area contributed by atoms with Gasteiger partial charge in [0, 0.05) is 42.7 Å². The Bertz CT molecular complexity index is 1010. The number of ether oxygens (including phenoxy) is 1. The molecule has 160 valence electrons. The third kappa shape index (κ3) is 5.20. The minimum atomic E-state index is -0.00520. The van der Waals surface area contributed by atoms with Crippen LogP contribution in [0.3, 0.4) is 0 Å². The van der Waals surface area contributed by atoms with Gasteiger partial charge >= 0.3 is 0 Å². The maximum atomic E-state index is 12.7. The van der Waals surface area contributed by atoms with Crippen LogP contribution in [0.5, 0.6) is 5.75 Å². The molecular formula is C25H28N4O2. The van der Waals surface area contributed by atoms with Crippen molar-refractivity contribution in [1.82, 2.24) is 9.97 Å². The Morgan fingerprint density at radius 1 is 1.06 bits per heavy atom. The highest BCUT2D eigenvalue weighted by molar-refractivity contribution is 5.92. The molecule has 0 aliphatic carbocycles. The molecule has 2 aromatic carbocycles. The van der Waals surface area contributed by atoms with Gasteiger partial charge in [-0.2, -0.15) is 0 Å². The number of hydrogen-bond acceptors (Lipinski definition) is 5. The van der Waals surface area contributed by atoms with E-state index < -0.39 is 0 Å². The maximum absolute atomic E-state index is 12.7. The van der Waals surface area contributed by atoms with E-state index in [9.17, 15) is 4.79 Å². The number of piperidine rings is 1. The Hall–Kier alpha value is -3.41. The summed E-state index contributed by atoms with van der Waals surface area (Å²) in [6, 6.07) is 15.8. The average Bonchev–Trinajstić information content (AvgIpc) is 2.81. The van der Waals surface area contributed by atoms with Crippen molar-refractivity contribution < 1.29 is 9.53 Å². The monoisotopic (exact) mass is 416 g/mol. The van der Waals surface area contributed by atoms with Gasteiger partial charge in [0.1, 0.15) is 5.75 Å². The van der Waals surface area contributed by atoms with Crippen LogP contribution < -0.4 is 15.0 Å². The summed E-state index contributed by atoms with van der Waals surface area (Å²) in [5.74, 6) is 1.60. The van der Waals surface area contributed by atoms with Gasteiger partial charge in [-0.15, -0.1) is 0 Å². The van der Waals surface area contributed by atoms with Gasteiger partial charge in [-0.1, -0.05) is 29.8 Å². The molecule has 1 fully saturated rings. The molecular weight excluding hydrogens is 388 g/mol.